The first-order valence-electron chi connectivity index (χ1n) is 11.8. The molecule has 1 amide bonds. The number of nitrogens with one attached hydrogen (secondary N) is 2. The number of ether oxygens (including phenoxy) is 3. The molecule has 188 valence electrons. The van der Waals surface area contributed by atoms with E-state index in [9.17, 15) is 14.4 Å². The summed E-state index contributed by atoms with van der Waals surface area (Å²) in [5.41, 5.74) is 1.74. The molecule has 3 rings (SSSR count). The zero-order valence-electron chi connectivity index (χ0n) is 21.0. The van der Waals surface area contributed by atoms with Gasteiger partial charge in [-0.25, -0.2) is 4.79 Å². The van der Waals surface area contributed by atoms with Crippen LogP contribution in [-0.4, -0.2) is 49.4 Å². The minimum Gasteiger partial charge on any atom is -0.444 e. The van der Waals surface area contributed by atoms with Crippen LogP contribution in [0, 0.1) is 5.92 Å². The highest BCUT2D eigenvalue weighted by atomic mass is 16.7. The van der Waals surface area contributed by atoms with Gasteiger partial charge in [0.1, 0.15) is 18.6 Å². The van der Waals surface area contributed by atoms with Crippen molar-refractivity contribution in [1.82, 2.24) is 5.32 Å². The second-order valence-corrected chi connectivity index (χ2v) is 9.72. The van der Waals surface area contributed by atoms with E-state index in [0.717, 1.165) is 0 Å². The van der Waals surface area contributed by atoms with Crippen LogP contribution in [0.5, 0.6) is 0 Å². The van der Waals surface area contributed by atoms with Gasteiger partial charge < -0.3 is 19.5 Å². The summed E-state index contributed by atoms with van der Waals surface area (Å²) in [6.45, 7) is 10.2. The molecule has 0 bridgehead atoms. The molecule has 0 aliphatic heterocycles. The van der Waals surface area contributed by atoms with E-state index in [1.54, 1.807) is 63.2 Å². The van der Waals surface area contributed by atoms with Gasteiger partial charge in [-0.1, -0.05) is 50.2 Å². The Morgan fingerprint density at radius 2 is 1.60 bits per heavy atom. The number of carbonyl (C=O) groups excluding carboxylic acids is 3. The Balaban J connectivity index is 1.45. The molecule has 1 aliphatic carbocycles. The summed E-state index contributed by atoms with van der Waals surface area (Å²) in [5.74, 6) is -0.262. The zero-order chi connectivity index (χ0) is 25.6. The van der Waals surface area contributed by atoms with Gasteiger partial charge in [0.2, 0.25) is 0 Å². The molecular formula is C27H34N2O6. The molecule has 2 aromatic carbocycles. The third-order valence-electron chi connectivity index (χ3n) is 5.33. The second kappa shape index (κ2) is 11.5. The van der Waals surface area contributed by atoms with Crippen molar-refractivity contribution in [3.05, 3.63) is 64.7 Å². The normalized spacial score (nSPS) is 13.8. The van der Waals surface area contributed by atoms with E-state index in [1.807, 2.05) is 13.8 Å². The van der Waals surface area contributed by atoms with E-state index in [0.29, 0.717) is 47.5 Å². The molecule has 2 N–H and O–H groups in total. The summed E-state index contributed by atoms with van der Waals surface area (Å²) in [7, 11) is 0. The van der Waals surface area contributed by atoms with Crippen LogP contribution in [0.2, 0.25) is 0 Å². The van der Waals surface area contributed by atoms with Crippen molar-refractivity contribution in [2.75, 3.05) is 25.3 Å². The Labute approximate surface area is 206 Å². The molecule has 0 saturated carbocycles. The van der Waals surface area contributed by atoms with Gasteiger partial charge in [0, 0.05) is 28.9 Å². The molecule has 35 heavy (non-hydrogen) atoms. The van der Waals surface area contributed by atoms with Crippen LogP contribution >= 0.6 is 0 Å². The molecule has 0 radical (unpaired) electrons. The van der Waals surface area contributed by atoms with E-state index in [4.69, 9.17) is 14.2 Å². The fraction of sp³-hybridized carbons (Fsp3) is 0.444. The predicted octanol–water partition coefficient (Wildman–Crippen LogP) is 4.76. The maximum atomic E-state index is 13.0. The Bertz CT molecular complexity index is 1070. The van der Waals surface area contributed by atoms with Crippen molar-refractivity contribution in [3.63, 3.8) is 0 Å². The largest absolute Gasteiger partial charge is 0.444 e. The fourth-order valence-corrected chi connectivity index (χ4v) is 3.69. The van der Waals surface area contributed by atoms with Crippen LogP contribution in [0.3, 0.4) is 0 Å². The minimum absolute atomic E-state index is 0.0170. The molecule has 1 aliphatic rings. The van der Waals surface area contributed by atoms with Crippen molar-refractivity contribution in [2.45, 2.75) is 52.9 Å². The van der Waals surface area contributed by atoms with E-state index >= 15 is 0 Å². The highest BCUT2D eigenvalue weighted by Crippen LogP contribution is 2.31. The van der Waals surface area contributed by atoms with Crippen molar-refractivity contribution >= 4 is 23.3 Å². The molecule has 2 aromatic rings. The molecular weight excluding hydrogens is 448 g/mol. The SMILES string of the molecule is CC(C)[C@H](NC(=O)OC(C)(C)C)OCOCCCNc1cccc2c1C(=O)c1ccccc1C2=O. The lowest BCUT2D eigenvalue weighted by Gasteiger charge is -2.25. The number of rotatable bonds is 10. The van der Waals surface area contributed by atoms with E-state index < -0.39 is 17.9 Å². The van der Waals surface area contributed by atoms with Crippen molar-refractivity contribution < 1.29 is 28.6 Å². The third-order valence-corrected chi connectivity index (χ3v) is 5.33. The number of fused-ring (bicyclic) bond motifs is 2. The number of hydrogen-bond donors (Lipinski definition) is 2. The summed E-state index contributed by atoms with van der Waals surface area (Å²) in [5, 5.41) is 5.96. The summed E-state index contributed by atoms with van der Waals surface area (Å²) < 4.78 is 16.5. The maximum absolute atomic E-state index is 13.0. The Morgan fingerprint density at radius 1 is 0.943 bits per heavy atom. The smallest absolute Gasteiger partial charge is 0.409 e. The fourth-order valence-electron chi connectivity index (χ4n) is 3.69. The molecule has 8 heteroatoms. The topological polar surface area (TPSA) is 103 Å². The van der Waals surface area contributed by atoms with Crippen LogP contribution in [-0.2, 0) is 14.2 Å². The maximum Gasteiger partial charge on any atom is 0.409 e. The quantitative estimate of drug-likeness (QED) is 0.317. The van der Waals surface area contributed by atoms with E-state index in [2.05, 4.69) is 10.6 Å². The van der Waals surface area contributed by atoms with Gasteiger partial charge in [0.15, 0.2) is 11.6 Å². The lowest BCUT2D eigenvalue weighted by atomic mass is 9.83. The van der Waals surface area contributed by atoms with Crippen LogP contribution in [0.25, 0.3) is 0 Å². The number of amides is 1. The van der Waals surface area contributed by atoms with Crippen LogP contribution in [0.15, 0.2) is 42.5 Å². The second-order valence-electron chi connectivity index (χ2n) is 9.72. The number of alkyl carbamates (subject to hydrolysis) is 1. The molecule has 0 unspecified atom stereocenters. The summed E-state index contributed by atoms with van der Waals surface area (Å²) in [6.07, 6.45) is -0.426. The summed E-state index contributed by atoms with van der Waals surface area (Å²) in [6, 6.07) is 12.2. The molecule has 8 nitrogen and oxygen atoms in total. The lowest BCUT2D eigenvalue weighted by molar-refractivity contribution is -0.112. The molecule has 0 fully saturated rings. The Morgan fingerprint density at radius 3 is 2.26 bits per heavy atom. The number of ketones is 2. The minimum atomic E-state index is -0.589. The van der Waals surface area contributed by atoms with Gasteiger partial charge >= 0.3 is 6.09 Å². The highest BCUT2D eigenvalue weighted by Gasteiger charge is 2.31. The first kappa shape index (κ1) is 26.4. The number of anilines is 1. The zero-order valence-corrected chi connectivity index (χ0v) is 21.0. The molecule has 0 saturated heterocycles. The standard InChI is InChI=1S/C27H34N2O6/c1-17(2)25(29-26(32)35-27(3,4)5)34-16-33-15-9-14-28-21-13-8-12-20-22(21)24(31)19-11-7-6-10-18(19)23(20)30/h6-8,10-13,17,25,28H,9,14-16H2,1-5H3,(H,29,32)/t25-/m1/s1. The van der Waals surface area contributed by atoms with Gasteiger partial charge in [0.25, 0.3) is 0 Å². The van der Waals surface area contributed by atoms with Crippen molar-refractivity contribution in [3.8, 4) is 0 Å². The lowest BCUT2D eigenvalue weighted by Crippen LogP contribution is -2.43. The summed E-state index contributed by atoms with van der Waals surface area (Å²) >= 11 is 0. The molecule has 0 spiro atoms. The van der Waals surface area contributed by atoms with Gasteiger partial charge in [-0.15, -0.1) is 0 Å². The van der Waals surface area contributed by atoms with E-state index in [-0.39, 0.29) is 24.3 Å². The number of carbonyl (C=O) groups is 3. The average Bonchev–Trinajstić information content (AvgIpc) is 2.79. The number of hydrogen-bond acceptors (Lipinski definition) is 7. The monoisotopic (exact) mass is 482 g/mol. The first-order chi connectivity index (χ1) is 16.6. The van der Waals surface area contributed by atoms with Crippen LogP contribution < -0.4 is 10.6 Å². The molecule has 1 atom stereocenters. The van der Waals surface area contributed by atoms with Crippen molar-refractivity contribution in [1.29, 1.82) is 0 Å². The average molecular weight is 483 g/mol. The van der Waals surface area contributed by atoms with Crippen molar-refractivity contribution in [2.24, 2.45) is 5.92 Å². The van der Waals surface area contributed by atoms with Gasteiger partial charge in [-0.3, -0.25) is 14.9 Å². The van der Waals surface area contributed by atoms with E-state index in [1.165, 1.54) is 0 Å². The number of benzene rings is 2. The highest BCUT2D eigenvalue weighted by molar-refractivity contribution is 6.30. The Kier molecular flexibility index (Phi) is 8.64. The molecule has 0 aromatic heterocycles. The third kappa shape index (κ3) is 6.90. The molecule has 0 heterocycles. The Hall–Kier alpha value is -3.23. The van der Waals surface area contributed by atoms with Crippen LogP contribution in [0.1, 0.15) is 72.9 Å². The summed E-state index contributed by atoms with van der Waals surface area (Å²) in [4.78, 5) is 37.9. The van der Waals surface area contributed by atoms with Gasteiger partial charge in [0.05, 0.1) is 12.2 Å². The van der Waals surface area contributed by atoms with Gasteiger partial charge in [-0.2, -0.15) is 0 Å². The van der Waals surface area contributed by atoms with Crippen LogP contribution in [0.4, 0.5) is 10.5 Å². The first-order valence-corrected chi connectivity index (χ1v) is 11.8. The van der Waals surface area contributed by atoms with Gasteiger partial charge in [-0.05, 0) is 39.2 Å². The predicted molar refractivity (Wildman–Crippen MR) is 133 cm³/mol.